The molecule has 2 aromatic heterocycles. The molecular weight excluding hydrogens is 208 g/mol. The van der Waals surface area contributed by atoms with Crippen molar-refractivity contribution in [2.45, 2.75) is 19.9 Å². The summed E-state index contributed by atoms with van der Waals surface area (Å²) in [7, 11) is 1.90. The fourth-order valence-corrected chi connectivity index (χ4v) is 2.45. The molecule has 5 heteroatoms. The van der Waals surface area contributed by atoms with Crippen LogP contribution in [0.25, 0.3) is 10.7 Å². The Bertz CT molecular complexity index is 469. The van der Waals surface area contributed by atoms with Crippen molar-refractivity contribution < 1.29 is 0 Å². The average Bonchev–Trinajstić information content (AvgIpc) is 2.71. The Morgan fingerprint density at radius 2 is 2.27 bits per heavy atom. The number of aromatic nitrogens is 3. The summed E-state index contributed by atoms with van der Waals surface area (Å²) in [6, 6.07) is 2.00. The van der Waals surface area contributed by atoms with Gasteiger partial charge in [0.25, 0.3) is 0 Å². The van der Waals surface area contributed by atoms with Crippen molar-refractivity contribution in [3.63, 3.8) is 0 Å². The Kier molecular flexibility index (Phi) is 2.58. The van der Waals surface area contributed by atoms with Gasteiger partial charge in [0.2, 0.25) is 0 Å². The lowest BCUT2D eigenvalue weighted by molar-refractivity contribution is 0.770. The molecule has 1 atom stereocenters. The van der Waals surface area contributed by atoms with E-state index in [9.17, 15) is 0 Å². The summed E-state index contributed by atoms with van der Waals surface area (Å²) in [4.78, 5) is 5.61. The molecule has 0 spiro atoms. The van der Waals surface area contributed by atoms with E-state index < -0.39 is 0 Å². The molecule has 0 saturated heterocycles. The monoisotopic (exact) mass is 222 g/mol. The lowest BCUT2D eigenvalue weighted by atomic mass is 10.2. The molecule has 80 valence electrons. The molecule has 0 bridgehead atoms. The van der Waals surface area contributed by atoms with Gasteiger partial charge in [0.05, 0.1) is 5.69 Å². The first-order chi connectivity index (χ1) is 7.08. The molecule has 0 aliphatic carbocycles. The summed E-state index contributed by atoms with van der Waals surface area (Å²) in [6.07, 6.45) is 1.91. The highest BCUT2D eigenvalue weighted by atomic mass is 32.1. The zero-order valence-electron chi connectivity index (χ0n) is 9.06. The maximum Gasteiger partial charge on any atom is 0.144 e. The van der Waals surface area contributed by atoms with Gasteiger partial charge in [0.1, 0.15) is 10.7 Å². The third kappa shape index (κ3) is 1.93. The van der Waals surface area contributed by atoms with Crippen LogP contribution in [0.4, 0.5) is 0 Å². The van der Waals surface area contributed by atoms with Crippen LogP contribution in [0.1, 0.15) is 23.5 Å². The second-order valence-corrected chi connectivity index (χ2v) is 4.66. The fraction of sp³-hybridized carbons (Fsp3) is 0.400. The molecular formula is C10H14N4S. The van der Waals surface area contributed by atoms with Crippen molar-refractivity contribution in [1.82, 2.24) is 14.8 Å². The smallest absolute Gasteiger partial charge is 0.144 e. The Balaban J connectivity index is 2.42. The van der Waals surface area contributed by atoms with Crippen molar-refractivity contribution in [2.75, 3.05) is 0 Å². The molecule has 0 aromatic carbocycles. The molecule has 15 heavy (non-hydrogen) atoms. The largest absolute Gasteiger partial charge is 0.323 e. The maximum absolute atomic E-state index is 5.86. The van der Waals surface area contributed by atoms with Crippen LogP contribution >= 0.6 is 11.3 Å². The maximum atomic E-state index is 5.86. The topological polar surface area (TPSA) is 56.7 Å². The van der Waals surface area contributed by atoms with Gasteiger partial charge in [-0.3, -0.25) is 4.68 Å². The Hall–Kier alpha value is -1.20. The first kappa shape index (κ1) is 10.3. The van der Waals surface area contributed by atoms with Gasteiger partial charge >= 0.3 is 0 Å². The third-order valence-corrected chi connectivity index (χ3v) is 3.56. The minimum atomic E-state index is 0.0416. The zero-order chi connectivity index (χ0) is 11.0. The number of thiazole rings is 1. The van der Waals surface area contributed by atoms with Gasteiger partial charge < -0.3 is 5.73 Å². The van der Waals surface area contributed by atoms with Gasteiger partial charge in [0.15, 0.2) is 0 Å². The molecule has 0 fully saturated rings. The Morgan fingerprint density at radius 1 is 1.53 bits per heavy atom. The van der Waals surface area contributed by atoms with Gasteiger partial charge in [-0.25, -0.2) is 4.98 Å². The molecule has 1 unspecified atom stereocenters. The number of hydrogen-bond acceptors (Lipinski definition) is 4. The number of nitrogens with two attached hydrogens (primary N) is 1. The average molecular weight is 222 g/mol. The van der Waals surface area contributed by atoms with Crippen LogP contribution in [-0.2, 0) is 7.05 Å². The van der Waals surface area contributed by atoms with E-state index in [4.69, 9.17) is 5.73 Å². The highest BCUT2D eigenvalue weighted by molar-refractivity contribution is 7.15. The summed E-state index contributed by atoms with van der Waals surface area (Å²) in [5.41, 5.74) is 7.78. The summed E-state index contributed by atoms with van der Waals surface area (Å²) >= 11 is 1.62. The minimum Gasteiger partial charge on any atom is -0.323 e. The number of rotatable bonds is 2. The van der Waals surface area contributed by atoms with E-state index in [0.29, 0.717) is 0 Å². The van der Waals surface area contributed by atoms with E-state index in [1.807, 2.05) is 33.2 Å². The molecule has 0 aliphatic heterocycles. The number of hydrogen-bond donors (Lipinski definition) is 1. The summed E-state index contributed by atoms with van der Waals surface area (Å²) in [5.74, 6) is 0. The molecule has 2 N–H and O–H groups in total. The van der Waals surface area contributed by atoms with E-state index in [2.05, 4.69) is 10.1 Å². The molecule has 0 aliphatic rings. The van der Waals surface area contributed by atoms with Crippen LogP contribution in [0.3, 0.4) is 0 Å². The number of nitrogens with zero attached hydrogens (tertiary/aromatic N) is 3. The normalized spacial score (nSPS) is 13.1. The predicted molar refractivity (Wildman–Crippen MR) is 61.7 cm³/mol. The van der Waals surface area contributed by atoms with Gasteiger partial charge in [-0.2, -0.15) is 5.10 Å². The van der Waals surface area contributed by atoms with Crippen molar-refractivity contribution in [3.8, 4) is 10.7 Å². The molecule has 2 aromatic rings. The van der Waals surface area contributed by atoms with Gasteiger partial charge in [-0.15, -0.1) is 11.3 Å². The van der Waals surface area contributed by atoms with Gasteiger partial charge in [-0.1, -0.05) is 0 Å². The van der Waals surface area contributed by atoms with E-state index >= 15 is 0 Å². The second-order valence-electron chi connectivity index (χ2n) is 3.63. The Labute approximate surface area is 92.8 Å². The highest BCUT2D eigenvalue weighted by Crippen LogP contribution is 2.29. The fourth-order valence-electron chi connectivity index (χ4n) is 1.47. The molecule has 2 heterocycles. The van der Waals surface area contributed by atoms with Crippen molar-refractivity contribution in [1.29, 1.82) is 0 Å². The van der Waals surface area contributed by atoms with Crippen LogP contribution in [0.15, 0.2) is 12.3 Å². The first-order valence-corrected chi connectivity index (χ1v) is 5.62. The van der Waals surface area contributed by atoms with Crippen LogP contribution in [0.5, 0.6) is 0 Å². The van der Waals surface area contributed by atoms with Crippen LogP contribution in [0.2, 0.25) is 0 Å². The van der Waals surface area contributed by atoms with E-state index in [1.165, 1.54) is 0 Å². The quantitative estimate of drug-likeness (QED) is 0.844. The SMILES string of the molecule is Cc1nc(-c2ccn(C)n2)sc1C(C)N. The molecule has 0 saturated carbocycles. The van der Waals surface area contributed by atoms with E-state index in [1.54, 1.807) is 16.0 Å². The molecule has 4 nitrogen and oxygen atoms in total. The highest BCUT2D eigenvalue weighted by Gasteiger charge is 2.13. The zero-order valence-corrected chi connectivity index (χ0v) is 9.88. The summed E-state index contributed by atoms with van der Waals surface area (Å²) in [6.45, 7) is 3.96. The lowest BCUT2D eigenvalue weighted by Crippen LogP contribution is -2.03. The predicted octanol–water partition coefficient (Wildman–Crippen LogP) is 1.87. The van der Waals surface area contributed by atoms with Gasteiger partial charge in [0, 0.05) is 24.2 Å². The standard InChI is InChI=1S/C10H14N4S/c1-6(11)9-7(2)12-10(15-9)8-4-5-14(3)13-8/h4-6H,11H2,1-3H3. The van der Waals surface area contributed by atoms with E-state index in [0.717, 1.165) is 21.3 Å². The number of aryl methyl sites for hydroxylation is 2. The molecule has 0 radical (unpaired) electrons. The summed E-state index contributed by atoms with van der Waals surface area (Å²) in [5, 5.41) is 5.26. The Morgan fingerprint density at radius 3 is 2.73 bits per heavy atom. The molecule has 0 amide bonds. The minimum absolute atomic E-state index is 0.0416. The van der Waals surface area contributed by atoms with Crippen LogP contribution in [-0.4, -0.2) is 14.8 Å². The third-order valence-electron chi connectivity index (χ3n) is 2.18. The molecule has 2 rings (SSSR count). The lowest BCUT2D eigenvalue weighted by Gasteiger charge is -1.99. The van der Waals surface area contributed by atoms with Crippen molar-refractivity contribution in [2.24, 2.45) is 12.8 Å². The van der Waals surface area contributed by atoms with E-state index in [-0.39, 0.29) is 6.04 Å². The van der Waals surface area contributed by atoms with Crippen LogP contribution < -0.4 is 5.73 Å². The second kappa shape index (κ2) is 3.75. The van der Waals surface area contributed by atoms with Gasteiger partial charge in [-0.05, 0) is 19.9 Å². The van der Waals surface area contributed by atoms with Crippen LogP contribution in [0, 0.1) is 6.92 Å². The summed E-state index contributed by atoms with van der Waals surface area (Å²) < 4.78 is 1.78. The van der Waals surface area contributed by atoms with Crippen molar-refractivity contribution in [3.05, 3.63) is 22.8 Å². The first-order valence-electron chi connectivity index (χ1n) is 4.81. The van der Waals surface area contributed by atoms with Crippen molar-refractivity contribution >= 4 is 11.3 Å².